The van der Waals surface area contributed by atoms with E-state index in [1.165, 1.54) is 4.31 Å². The Morgan fingerprint density at radius 1 is 1.33 bits per heavy atom. The van der Waals surface area contributed by atoms with Gasteiger partial charge >= 0.3 is 0 Å². The zero-order valence-electron chi connectivity index (χ0n) is 11.8. The Bertz CT molecular complexity index is 713. The second kappa shape index (κ2) is 6.48. The lowest BCUT2D eigenvalue weighted by Gasteiger charge is -2.26. The molecule has 0 saturated carbocycles. The summed E-state index contributed by atoms with van der Waals surface area (Å²) in [7, 11) is -3.64. The maximum Gasteiger partial charge on any atom is 0.245 e. The van der Waals surface area contributed by atoms with Crippen LogP contribution in [0.1, 0.15) is 18.7 Å². The first kappa shape index (κ1) is 16.5. The number of thiophene rings is 1. The van der Waals surface area contributed by atoms with E-state index in [4.69, 9.17) is 5.73 Å². The first-order valence-electron chi connectivity index (χ1n) is 6.41. The molecule has 0 atom stereocenters. The van der Waals surface area contributed by atoms with E-state index in [0.29, 0.717) is 11.0 Å². The van der Waals surface area contributed by atoms with Crippen LogP contribution >= 0.6 is 27.3 Å². The molecule has 1 aromatic heterocycles. The molecule has 2 rings (SSSR count). The van der Waals surface area contributed by atoms with Crippen molar-refractivity contribution in [1.82, 2.24) is 4.31 Å². The van der Waals surface area contributed by atoms with E-state index in [2.05, 4.69) is 15.9 Å². The van der Waals surface area contributed by atoms with Crippen LogP contribution in [0.3, 0.4) is 0 Å². The lowest BCUT2D eigenvalue weighted by molar-refractivity contribution is 0.350. The first-order valence-corrected chi connectivity index (χ1v) is 9.53. The Morgan fingerprint density at radius 3 is 2.62 bits per heavy atom. The van der Waals surface area contributed by atoms with Crippen molar-refractivity contribution in [2.45, 2.75) is 31.3 Å². The Morgan fingerprint density at radius 2 is 2.05 bits per heavy atom. The third-order valence-corrected chi connectivity index (χ3v) is 6.46. The number of nitrogens with zero attached hydrogens (tertiary/aromatic N) is 1. The fourth-order valence-corrected chi connectivity index (χ4v) is 5.01. The topological polar surface area (TPSA) is 63.4 Å². The molecule has 0 aliphatic heterocycles. The van der Waals surface area contributed by atoms with Crippen LogP contribution < -0.4 is 5.73 Å². The van der Waals surface area contributed by atoms with Crippen LogP contribution in [-0.4, -0.2) is 18.8 Å². The smallest absolute Gasteiger partial charge is 0.245 e. The molecule has 2 N–H and O–H groups in total. The van der Waals surface area contributed by atoms with E-state index >= 15 is 0 Å². The van der Waals surface area contributed by atoms with E-state index in [0.717, 1.165) is 4.88 Å². The maximum atomic E-state index is 12.9. The molecule has 114 valence electrons. The summed E-state index contributed by atoms with van der Waals surface area (Å²) in [5.41, 5.74) is 6.12. The van der Waals surface area contributed by atoms with Gasteiger partial charge in [-0.15, -0.1) is 11.3 Å². The molecular weight excluding hydrogens is 372 g/mol. The zero-order chi connectivity index (χ0) is 15.6. The van der Waals surface area contributed by atoms with Crippen LogP contribution in [0.25, 0.3) is 0 Å². The lowest BCUT2D eigenvalue weighted by Crippen LogP contribution is -2.36. The van der Waals surface area contributed by atoms with Crippen molar-refractivity contribution in [3.05, 3.63) is 45.1 Å². The van der Waals surface area contributed by atoms with Crippen molar-refractivity contribution < 1.29 is 8.42 Å². The van der Waals surface area contributed by atoms with Gasteiger partial charge in [0.25, 0.3) is 0 Å². The molecule has 0 radical (unpaired) electrons. The van der Waals surface area contributed by atoms with Crippen LogP contribution in [0.5, 0.6) is 0 Å². The standard InChI is InChI=1S/C14H17BrN2O2S2/c1-10(2)17(9-12-4-3-7-20-12)21(18,19)14-8-11(15)5-6-13(14)16/h3-8,10H,9,16H2,1-2H3. The van der Waals surface area contributed by atoms with Gasteiger partial charge in [0.15, 0.2) is 0 Å². The minimum atomic E-state index is -3.64. The summed E-state index contributed by atoms with van der Waals surface area (Å²) >= 11 is 4.84. The van der Waals surface area contributed by atoms with Crippen LogP contribution in [0, 0.1) is 0 Å². The molecule has 0 aliphatic rings. The van der Waals surface area contributed by atoms with Gasteiger partial charge in [-0.1, -0.05) is 22.0 Å². The number of nitrogens with two attached hydrogens (primary N) is 1. The number of sulfonamides is 1. The molecule has 0 unspecified atom stereocenters. The molecule has 0 fully saturated rings. The number of benzene rings is 1. The van der Waals surface area contributed by atoms with Crippen molar-refractivity contribution >= 4 is 43.0 Å². The molecule has 4 nitrogen and oxygen atoms in total. The largest absolute Gasteiger partial charge is 0.398 e. The van der Waals surface area contributed by atoms with Gasteiger partial charge in [0.05, 0.1) is 5.69 Å². The molecule has 2 aromatic rings. The normalized spacial score (nSPS) is 12.2. The summed E-state index contributed by atoms with van der Waals surface area (Å²) < 4.78 is 28.0. The third-order valence-electron chi connectivity index (χ3n) is 3.03. The zero-order valence-corrected chi connectivity index (χ0v) is 15.0. The number of rotatable bonds is 5. The Labute approximate surface area is 137 Å². The molecule has 0 aliphatic carbocycles. The summed E-state index contributed by atoms with van der Waals surface area (Å²) in [5.74, 6) is 0. The van der Waals surface area contributed by atoms with Crippen molar-refractivity contribution in [3.63, 3.8) is 0 Å². The average molecular weight is 389 g/mol. The Hall–Kier alpha value is -0.890. The van der Waals surface area contributed by atoms with E-state index in [1.807, 2.05) is 31.4 Å². The highest BCUT2D eigenvalue weighted by atomic mass is 79.9. The van der Waals surface area contributed by atoms with Gasteiger partial charge in [-0.05, 0) is 43.5 Å². The van der Waals surface area contributed by atoms with Crippen LogP contribution in [0.15, 0.2) is 45.1 Å². The Balaban J connectivity index is 2.45. The first-order chi connectivity index (χ1) is 9.82. The van der Waals surface area contributed by atoms with Gasteiger partial charge in [0, 0.05) is 21.9 Å². The predicted molar refractivity (Wildman–Crippen MR) is 90.7 cm³/mol. The molecular formula is C14H17BrN2O2S2. The highest BCUT2D eigenvalue weighted by Crippen LogP contribution is 2.28. The monoisotopic (exact) mass is 388 g/mol. The van der Waals surface area contributed by atoms with E-state index in [9.17, 15) is 8.42 Å². The average Bonchev–Trinajstić information content (AvgIpc) is 2.91. The van der Waals surface area contributed by atoms with Crippen molar-refractivity contribution in [3.8, 4) is 0 Å². The lowest BCUT2D eigenvalue weighted by atomic mass is 10.3. The van der Waals surface area contributed by atoms with Crippen LogP contribution in [0.2, 0.25) is 0 Å². The fourth-order valence-electron chi connectivity index (χ4n) is 1.96. The van der Waals surface area contributed by atoms with Gasteiger partial charge in [0.2, 0.25) is 10.0 Å². The molecule has 0 amide bonds. The maximum absolute atomic E-state index is 12.9. The molecule has 0 saturated heterocycles. The quantitative estimate of drug-likeness (QED) is 0.794. The molecule has 0 bridgehead atoms. The number of nitrogen functional groups attached to an aromatic ring is 1. The van der Waals surface area contributed by atoms with Crippen LogP contribution in [-0.2, 0) is 16.6 Å². The SMILES string of the molecule is CC(C)N(Cc1cccs1)S(=O)(=O)c1cc(Br)ccc1N. The number of hydrogen-bond acceptors (Lipinski definition) is 4. The molecule has 7 heteroatoms. The van der Waals surface area contributed by atoms with Crippen molar-refractivity contribution in [1.29, 1.82) is 0 Å². The third kappa shape index (κ3) is 3.66. The second-order valence-corrected chi connectivity index (χ2v) is 8.71. The Kier molecular flexibility index (Phi) is 5.08. The minimum Gasteiger partial charge on any atom is -0.398 e. The van der Waals surface area contributed by atoms with E-state index < -0.39 is 10.0 Å². The van der Waals surface area contributed by atoms with Gasteiger partial charge in [-0.2, -0.15) is 4.31 Å². The number of hydrogen-bond donors (Lipinski definition) is 1. The molecule has 1 aromatic carbocycles. The second-order valence-electron chi connectivity index (χ2n) is 4.91. The van der Waals surface area contributed by atoms with Crippen molar-refractivity contribution in [2.75, 3.05) is 5.73 Å². The minimum absolute atomic E-state index is 0.141. The van der Waals surface area contributed by atoms with Gasteiger partial charge in [-0.25, -0.2) is 8.42 Å². The summed E-state index contributed by atoms with van der Waals surface area (Å²) in [6, 6.07) is 8.57. The molecule has 1 heterocycles. The predicted octanol–water partition coefficient (Wildman–Crippen LogP) is 3.69. The molecule has 21 heavy (non-hydrogen) atoms. The van der Waals surface area contributed by atoms with E-state index in [-0.39, 0.29) is 16.6 Å². The van der Waals surface area contributed by atoms with Gasteiger partial charge in [0.1, 0.15) is 4.90 Å². The fraction of sp³-hybridized carbons (Fsp3) is 0.286. The highest BCUT2D eigenvalue weighted by molar-refractivity contribution is 9.10. The summed E-state index contributed by atoms with van der Waals surface area (Å²) in [6.07, 6.45) is 0. The van der Waals surface area contributed by atoms with Gasteiger partial charge < -0.3 is 5.73 Å². The molecule has 0 spiro atoms. The highest BCUT2D eigenvalue weighted by Gasteiger charge is 2.29. The van der Waals surface area contributed by atoms with Crippen molar-refractivity contribution in [2.24, 2.45) is 0 Å². The van der Waals surface area contributed by atoms with E-state index in [1.54, 1.807) is 29.5 Å². The number of halogens is 1. The van der Waals surface area contributed by atoms with Gasteiger partial charge in [-0.3, -0.25) is 0 Å². The number of anilines is 1. The summed E-state index contributed by atoms with van der Waals surface area (Å²) in [6.45, 7) is 4.07. The van der Waals surface area contributed by atoms with Crippen LogP contribution in [0.4, 0.5) is 5.69 Å². The summed E-state index contributed by atoms with van der Waals surface area (Å²) in [5, 5.41) is 1.94. The summed E-state index contributed by atoms with van der Waals surface area (Å²) in [4.78, 5) is 1.14.